The molecule has 1 unspecified atom stereocenters. The van der Waals surface area contributed by atoms with E-state index in [1.54, 1.807) is 49.4 Å². The van der Waals surface area contributed by atoms with Gasteiger partial charge in [0.1, 0.15) is 28.6 Å². The molecule has 5 aromatic rings. The monoisotopic (exact) mass is 550 g/mol. The Labute approximate surface area is 232 Å². The standard InChI is InChI=1S/C31H22N2O6S/c1-3-16-37-30(36)28-18(2)32-31(40-28)33-25(19-10-9-13-21(17-19)38-20-11-5-4-6-12-20)24-26(34)22-14-7-8-15-23(22)39-27(24)29(33)35/h3-15,17,25H,1,16H2,2H3. The maximum Gasteiger partial charge on any atom is 0.350 e. The van der Waals surface area contributed by atoms with Crippen LogP contribution in [0.15, 0.2) is 101 Å². The molecule has 0 saturated heterocycles. The van der Waals surface area contributed by atoms with E-state index in [1.165, 1.54) is 11.0 Å². The van der Waals surface area contributed by atoms with Crippen LogP contribution in [0.3, 0.4) is 0 Å². The van der Waals surface area contributed by atoms with Crippen molar-refractivity contribution in [1.82, 2.24) is 4.98 Å². The number of benzene rings is 3. The normalized spacial score (nSPS) is 14.3. The molecule has 3 heterocycles. The average Bonchev–Trinajstić information content (AvgIpc) is 3.49. The van der Waals surface area contributed by atoms with Gasteiger partial charge in [-0.05, 0) is 48.9 Å². The van der Waals surface area contributed by atoms with E-state index in [-0.39, 0.29) is 33.4 Å². The Morgan fingerprint density at radius 2 is 1.80 bits per heavy atom. The first-order chi connectivity index (χ1) is 19.5. The van der Waals surface area contributed by atoms with E-state index in [1.807, 2.05) is 36.4 Å². The lowest BCUT2D eigenvalue weighted by molar-refractivity contribution is 0.0554. The second-order valence-electron chi connectivity index (χ2n) is 9.03. The fourth-order valence-electron chi connectivity index (χ4n) is 4.68. The molecule has 0 saturated carbocycles. The molecule has 8 nitrogen and oxygen atoms in total. The minimum atomic E-state index is -0.870. The Hall–Kier alpha value is -5.02. The SMILES string of the molecule is C=CCOC(=O)c1sc(N2C(=O)c3oc4ccccc4c(=O)c3C2c2cccc(Oc3ccccc3)c2)nc1C. The zero-order chi connectivity index (χ0) is 27.8. The smallest absolute Gasteiger partial charge is 0.350 e. The minimum absolute atomic E-state index is 0.0431. The van der Waals surface area contributed by atoms with Gasteiger partial charge < -0.3 is 13.9 Å². The predicted molar refractivity (Wildman–Crippen MR) is 151 cm³/mol. The summed E-state index contributed by atoms with van der Waals surface area (Å²) < 4.78 is 17.3. The molecule has 2 aromatic heterocycles. The van der Waals surface area contributed by atoms with E-state index in [4.69, 9.17) is 13.9 Å². The van der Waals surface area contributed by atoms with Crippen LogP contribution in [0, 0.1) is 6.92 Å². The molecule has 0 spiro atoms. The van der Waals surface area contributed by atoms with Crippen LogP contribution in [0.5, 0.6) is 11.5 Å². The lowest BCUT2D eigenvalue weighted by atomic mass is 9.98. The second-order valence-corrected chi connectivity index (χ2v) is 10.0. The van der Waals surface area contributed by atoms with Crippen molar-refractivity contribution in [2.75, 3.05) is 11.5 Å². The third-order valence-electron chi connectivity index (χ3n) is 6.44. The van der Waals surface area contributed by atoms with Gasteiger partial charge in [0.05, 0.1) is 22.7 Å². The van der Waals surface area contributed by atoms with Crippen molar-refractivity contribution in [3.05, 3.63) is 129 Å². The third-order valence-corrected chi connectivity index (χ3v) is 7.58. The second kappa shape index (κ2) is 10.3. The maximum absolute atomic E-state index is 13.9. The quantitative estimate of drug-likeness (QED) is 0.170. The van der Waals surface area contributed by atoms with Gasteiger partial charge >= 0.3 is 5.97 Å². The molecular weight excluding hydrogens is 528 g/mol. The van der Waals surface area contributed by atoms with Gasteiger partial charge in [0.25, 0.3) is 5.91 Å². The van der Waals surface area contributed by atoms with Crippen molar-refractivity contribution < 1.29 is 23.5 Å². The first-order valence-electron chi connectivity index (χ1n) is 12.4. The van der Waals surface area contributed by atoms with Gasteiger partial charge in [-0.3, -0.25) is 14.5 Å². The number of fused-ring (bicyclic) bond motifs is 2. The van der Waals surface area contributed by atoms with E-state index in [0.29, 0.717) is 33.7 Å². The summed E-state index contributed by atoms with van der Waals surface area (Å²) in [7, 11) is 0. The summed E-state index contributed by atoms with van der Waals surface area (Å²) in [6, 6.07) is 22.4. The van der Waals surface area contributed by atoms with E-state index < -0.39 is 17.9 Å². The number of hydrogen-bond acceptors (Lipinski definition) is 8. The zero-order valence-corrected chi connectivity index (χ0v) is 22.1. The van der Waals surface area contributed by atoms with Gasteiger partial charge in [0.2, 0.25) is 5.76 Å². The van der Waals surface area contributed by atoms with E-state index >= 15 is 0 Å². The number of amides is 1. The summed E-state index contributed by atoms with van der Waals surface area (Å²) in [6.07, 6.45) is 1.47. The highest BCUT2D eigenvalue weighted by atomic mass is 32.1. The number of hydrogen-bond donors (Lipinski definition) is 0. The van der Waals surface area contributed by atoms with Gasteiger partial charge in [-0.25, -0.2) is 9.78 Å². The Bertz CT molecular complexity index is 1840. The fraction of sp³-hybridized carbons (Fsp3) is 0.0968. The lowest BCUT2D eigenvalue weighted by Crippen LogP contribution is -2.29. The van der Waals surface area contributed by atoms with Crippen LogP contribution in [0.4, 0.5) is 5.13 Å². The molecule has 6 rings (SSSR count). The number of anilines is 1. The number of aromatic nitrogens is 1. The molecule has 40 heavy (non-hydrogen) atoms. The lowest BCUT2D eigenvalue weighted by Gasteiger charge is -2.23. The molecule has 1 atom stereocenters. The number of nitrogens with zero attached hydrogens (tertiary/aromatic N) is 2. The molecule has 0 bridgehead atoms. The summed E-state index contributed by atoms with van der Waals surface area (Å²) in [6.45, 7) is 5.27. The highest BCUT2D eigenvalue weighted by molar-refractivity contribution is 7.17. The first kappa shape index (κ1) is 25.3. The van der Waals surface area contributed by atoms with Crippen molar-refractivity contribution in [2.24, 2.45) is 0 Å². The van der Waals surface area contributed by atoms with Crippen molar-refractivity contribution in [3.63, 3.8) is 0 Å². The van der Waals surface area contributed by atoms with Gasteiger partial charge in [0, 0.05) is 0 Å². The van der Waals surface area contributed by atoms with Crippen LogP contribution >= 0.6 is 11.3 Å². The van der Waals surface area contributed by atoms with Crippen LogP contribution in [-0.4, -0.2) is 23.5 Å². The molecule has 0 radical (unpaired) electrons. The van der Waals surface area contributed by atoms with Crippen LogP contribution in [0.1, 0.15) is 43.1 Å². The van der Waals surface area contributed by atoms with Crippen LogP contribution in [-0.2, 0) is 4.74 Å². The summed E-state index contributed by atoms with van der Waals surface area (Å²) in [5, 5.41) is 0.601. The molecule has 0 N–H and O–H groups in total. The molecule has 198 valence electrons. The maximum atomic E-state index is 13.9. The summed E-state index contributed by atoms with van der Waals surface area (Å²) in [5.74, 6) is 0.00523. The van der Waals surface area contributed by atoms with Gasteiger partial charge in [-0.2, -0.15) is 0 Å². The largest absolute Gasteiger partial charge is 0.457 e. The van der Waals surface area contributed by atoms with Crippen LogP contribution < -0.4 is 15.1 Å². The number of carbonyl (C=O) groups excluding carboxylic acids is 2. The van der Waals surface area contributed by atoms with Crippen molar-refractivity contribution in [2.45, 2.75) is 13.0 Å². The number of esters is 1. The van der Waals surface area contributed by atoms with Crippen LogP contribution in [0.2, 0.25) is 0 Å². The zero-order valence-electron chi connectivity index (χ0n) is 21.3. The number of aryl methyl sites for hydroxylation is 1. The number of rotatable bonds is 7. The topological polar surface area (TPSA) is 98.9 Å². The van der Waals surface area contributed by atoms with Gasteiger partial charge in [-0.15, -0.1) is 0 Å². The van der Waals surface area contributed by atoms with Gasteiger partial charge in [0.15, 0.2) is 10.6 Å². The number of thiazole rings is 1. The average molecular weight is 551 g/mol. The van der Waals surface area contributed by atoms with Crippen molar-refractivity contribution in [1.29, 1.82) is 0 Å². The highest BCUT2D eigenvalue weighted by Crippen LogP contribution is 2.44. The Morgan fingerprint density at radius 3 is 2.60 bits per heavy atom. The predicted octanol–water partition coefficient (Wildman–Crippen LogP) is 6.44. The van der Waals surface area contributed by atoms with E-state index in [2.05, 4.69) is 11.6 Å². The molecule has 3 aromatic carbocycles. The summed E-state index contributed by atoms with van der Waals surface area (Å²) in [5.41, 5.74) is 1.22. The Balaban J connectivity index is 1.51. The summed E-state index contributed by atoms with van der Waals surface area (Å²) >= 11 is 1.02. The molecule has 1 amide bonds. The van der Waals surface area contributed by atoms with Crippen molar-refractivity contribution >= 4 is 39.3 Å². The highest BCUT2D eigenvalue weighted by Gasteiger charge is 2.45. The Kier molecular flexibility index (Phi) is 6.49. The molecule has 9 heteroatoms. The number of ether oxygens (including phenoxy) is 2. The number of carbonyl (C=O) groups is 2. The van der Waals surface area contributed by atoms with Gasteiger partial charge in [-0.1, -0.05) is 66.5 Å². The molecule has 0 aliphatic carbocycles. The molecule has 1 aliphatic rings. The number of para-hydroxylation sites is 2. The molecule has 1 aliphatic heterocycles. The molecule has 0 fully saturated rings. The third kappa shape index (κ3) is 4.36. The van der Waals surface area contributed by atoms with E-state index in [0.717, 1.165) is 11.3 Å². The Morgan fingerprint density at radius 1 is 1.05 bits per heavy atom. The first-order valence-corrected chi connectivity index (χ1v) is 13.3. The minimum Gasteiger partial charge on any atom is -0.457 e. The van der Waals surface area contributed by atoms with Crippen LogP contribution in [0.25, 0.3) is 11.0 Å². The van der Waals surface area contributed by atoms with Crippen molar-refractivity contribution in [3.8, 4) is 11.5 Å². The fourth-order valence-corrected chi connectivity index (χ4v) is 5.67. The van der Waals surface area contributed by atoms with E-state index in [9.17, 15) is 14.4 Å². The molecular formula is C31H22N2O6S. The summed E-state index contributed by atoms with van der Waals surface area (Å²) in [4.78, 5) is 46.6.